The average Bonchev–Trinajstić information content (AvgIpc) is 2.96. The molecule has 1 aliphatic carbocycles. The highest BCUT2D eigenvalue weighted by Gasteiger charge is 2.64. The van der Waals surface area contributed by atoms with Crippen LogP contribution in [0.2, 0.25) is 0 Å². The van der Waals surface area contributed by atoms with Crippen LogP contribution in [-0.4, -0.2) is 41.4 Å². The number of esters is 1. The lowest BCUT2D eigenvalue weighted by Gasteiger charge is -2.24. The van der Waals surface area contributed by atoms with Crippen LogP contribution in [0, 0.1) is 11.6 Å². The maximum absolute atomic E-state index is 13.6. The smallest absolute Gasteiger partial charge is 0.415 e. The Morgan fingerprint density at radius 3 is 2.58 bits per heavy atom. The van der Waals surface area contributed by atoms with Crippen molar-refractivity contribution in [2.45, 2.75) is 37.8 Å². The molecule has 1 spiro atoms. The zero-order valence-corrected chi connectivity index (χ0v) is 12.9. The van der Waals surface area contributed by atoms with Crippen molar-refractivity contribution in [1.82, 2.24) is 4.90 Å². The van der Waals surface area contributed by atoms with Crippen molar-refractivity contribution in [2.75, 3.05) is 6.54 Å². The van der Waals surface area contributed by atoms with Gasteiger partial charge in [0.25, 0.3) is 0 Å². The molecular weight excluding hydrogens is 324 g/mol. The lowest BCUT2D eigenvalue weighted by atomic mass is 10.2. The van der Waals surface area contributed by atoms with Crippen LogP contribution >= 0.6 is 0 Å². The van der Waals surface area contributed by atoms with Gasteiger partial charge in [-0.05, 0) is 12.8 Å². The highest BCUT2D eigenvalue weighted by atomic mass is 19.1. The van der Waals surface area contributed by atoms with Crippen molar-refractivity contribution in [3.63, 3.8) is 0 Å². The number of rotatable bonds is 3. The van der Waals surface area contributed by atoms with Crippen LogP contribution in [0.1, 0.15) is 36.5 Å². The van der Waals surface area contributed by atoms with Crippen molar-refractivity contribution in [3.05, 3.63) is 29.3 Å². The normalized spacial score (nSPS) is 24.8. The molecule has 0 N–H and O–H groups in total. The summed E-state index contributed by atoms with van der Waals surface area (Å²) in [6, 6.07) is 1.56. The quantitative estimate of drug-likeness (QED) is 0.625. The summed E-state index contributed by atoms with van der Waals surface area (Å²) in [5.41, 5.74) is -1.30. The number of hydrogen-bond acceptors (Lipinski definition) is 5. The summed E-state index contributed by atoms with van der Waals surface area (Å²) < 4.78 is 37.3. The molecular formula is C16H15F2NO5. The number of carbonyl (C=O) groups excluding carboxylic acids is 3. The summed E-state index contributed by atoms with van der Waals surface area (Å²) in [7, 11) is 0. The maximum Gasteiger partial charge on any atom is 0.415 e. The fraction of sp³-hybridized carbons (Fsp3) is 0.438. The van der Waals surface area contributed by atoms with E-state index in [4.69, 9.17) is 9.47 Å². The molecule has 1 unspecified atom stereocenters. The predicted octanol–water partition coefficient (Wildman–Crippen LogP) is 2.45. The Balaban J connectivity index is 1.74. The van der Waals surface area contributed by atoms with Gasteiger partial charge < -0.3 is 9.47 Å². The van der Waals surface area contributed by atoms with Gasteiger partial charge >= 0.3 is 12.1 Å². The minimum Gasteiger partial charge on any atom is -0.460 e. The van der Waals surface area contributed by atoms with Gasteiger partial charge in [0.2, 0.25) is 0 Å². The number of likely N-dealkylation sites (tertiary alicyclic amines) is 1. The van der Waals surface area contributed by atoms with E-state index in [1.54, 1.807) is 0 Å². The highest BCUT2D eigenvalue weighted by Crippen LogP contribution is 2.52. The molecule has 2 aliphatic rings. The van der Waals surface area contributed by atoms with Gasteiger partial charge in [0.05, 0.1) is 11.1 Å². The minimum atomic E-state index is -1.10. The van der Waals surface area contributed by atoms with Crippen molar-refractivity contribution in [2.24, 2.45) is 0 Å². The zero-order chi connectivity index (χ0) is 17.5. The first kappa shape index (κ1) is 16.4. The Morgan fingerprint density at radius 2 is 2.00 bits per heavy atom. The molecule has 6 nitrogen and oxygen atoms in total. The number of amides is 1. The first-order valence-corrected chi connectivity index (χ1v) is 7.48. The largest absolute Gasteiger partial charge is 0.460 e. The van der Waals surface area contributed by atoms with Crippen molar-refractivity contribution in [1.29, 1.82) is 0 Å². The number of ether oxygens (including phenoxy) is 2. The predicted molar refractivity (Wildman–Crippen MR) is 76.6 cm³/mol. The monoisotopic (exact) mass is 339 g/mol. The Labute approximate surface area is 136 Å². The summed E-state index contributed by atoms with van der Waals surface area (Å²) in [5, 5.41) is 0. The second kappa shape index (κ2) is 5.85. The van der Waals surface area contributed by atoms with Gasteiger partial charge in [0.15, 0.2) is 6.29 Å². The molecule has 1 aromatic carbocycles. The van der Waals surface area contributed by atoms with E-state index in [1.807, 2.05) is 0 Å². The Morgan fingerprint density at radius 1 is 1.33 bits per heavy atom. The van der Waals surface area contributed by atoms with E-state index in [9.17, 15) is 23.2 Å². The molecule has 1 saturated heterocycles. The molecule has 0 bridgehead atoms. The molecule has 1 saturated carbocycles. The van der Waals surface area contributed by atoms with Gasteiger partial charge in [-0.1, -0.05) is 0 Å². The van der Waals surface area contributed by atoms with E-state index >= 15 is 0 Å². The van der Waals surface area contributed by atoms with E-state index < -0.39 is 34.8 Å². The fourth-order valence-electron chi connectivity index (χ4n) is 3.22. The number of benzene rings is 1. The summed E-state index contributed by atoms with van der Waals surface area (Å²) in [5.74, 6) is -2.96. The number of hydrogen-bond donors (Lipinski definition) is 0. The first-order chi connectivity index (χ1) is 11.4. The molecule has 1 aromatic rings. The molecule has 128 valence electrons. The van der Waals surface area contributed by atoms with Gasteiger partial charge in [-0.25, -0.2) is 13.6 Å². The second-order valence-electron chi connectivity index (χ2n) is 5.95. The molecule has 2 fully saturated rings. The summed E-state index contributed by atoms with van der Waals surface area (Å²) in [6.45, 7) is 1.71. The van der Waals surface area contributed by atoms with Gasteiger partial charge in [-0.15, -0.1) is 0 Å². The van der Waals surface area contributed by atoms with Crippen LogP contribution in [0.3, 0.4) is 0 Å². The van der Waals surface area contributed by atoms with E-state index in [-0.39, 0.29) is 18.1 Å². The van der Waals surface area contributed by atoms with Crippen LogP contribution in [-0.2, 0) is 9.53 Å². The molecule has 1 aliphatic heterocycles. The SMILES string of the molecule is CC(=O)O[C@H]1CC12CCCN2C(=O)Oc1cc(F)c(C=O)c(F)c1. The second-order valence-corrected chi connectivity index (χ2v) is 5.95. The van der Waals surface area contributed by atoms with Gasteiger partial charge in [0.1, 0.15) is 23.5 Å². The topological polar surface area (TPSA) is 72.9 Å². The highest BCUT2D eigenvalue weighted by molar-refractivity contribution is 5.77. The molecule has 24 heavy (non-hydrogen) atoms. The Kier molecular flexibility index (Phi) is 3.98. The third-order valence-corrected chi connectivity index (χ3v) is 4.41. The summed E-state index contributed by atoms with van der Waals surface area (Å²) >= 11 is 0. The third-order valence-electron chi connectivity index (χ3n) is 4.41. The van der Waals surface area contributed by atoms with Gasteiger partial charge in [-0.2, -0.15) is 0 Å². The summed E-state index contributed by atoms with van der Waals surface area (Å²) in [6.07, 6.45) is 0.830. The number of aldehydes is 1. The van der Waals surface area contributed by atoms with Crippen LogP contribution in [0.15, 0.2) is 12.1 Å². The van der Waals surface area contributed by atoms with Crippen molar-refractivity contribution < 1.29 is 32.6 Å². The van der Waals surface area contributed by atoms with E-state index in [1.165, 1.54) is 11.8 Å². The van der Waals surface area contributed by atoms with E-state index in [2.05, 4.69) is 0 Å². The first-order valence-electron chi connectivity index (χ1n) is 7.48. The van der Waals surface area contributed by atoms with Crippen LogP contribution in [0.25, 0.3) is 0 Å². The molecule has 0 radical (unpaired) electrons. The maximum atomic E-state index is 13.6. The Bertz CT molecular complexity index is 699. The molecule has 1 amide bonds. The van der Waals surface area contributed by atoms with E-state index in [0.29, 0.717) is 19.4 Å². The van der Waals surface area contributed by atoms with Gasteiger partial charge in [0, 0.05) is 32.0 Å². The van der Waals surface area contributed by atoms with Crippen LogP contribution in [0.5, 0.6) is 5.75 Å². The van der Waals surface area contributed by atoms with Crippen molar-refractivity contribution >= 4 is 18.3 Å². The van der Waals surface area contributed by atoms with Gasteiger partial charge in [-0.3, -0.25) is 14.5 Å². The lowest BCUT2D eigenvalue weighted by Crippen LogP contribution is -2.42. The number of nitrogens with zero attached hydrogens (tertiary/aromatic N) is 1. The number of halogens is 2. The van der Waals surface area contributed by atoms with E-state index in [0.717, 1.165) is 18.6 Å². The molecule has 0 aromatic heterocycles. The Hall–Kier alpha value is -2.51. The van der Waals surface area contributed by atoms with Crippen LogP contribution < -0.4 is 4.74 Å². The minimum absolute atomic E-state index is 0.0552. The molecule has 8 heteroatoms. The van der Waals surface area contributed by atoms with Crippen LogP contribution in [0.4, 0.5) is 13.6 Å². The standard InChI is InChI=1S/C16H15F2NO5/c1-9(21)23-14-7-16(14)3-2-4-19(16)15(22)24-10-5-12(17)11(8-20)13(18)6-10/h5-6,8,14H,2-4,7H2,1H3/t14-,16?/m0/s1. The fourth-order valence-corrected chi connectivity index (χ4v) is 3.22. The molecule has 2 atom stereocenters. The molecule has 3 rings (SSSR count). The lowest BCUT2D eigenvalue weighted by molar-refractivity contribution is -0.143. The average molecular weight is 339 g/mol. The third kappa shape index (κ3) is 2.72. The molecule has 1 heterocycles. The number of carbonyl (C=O) groups is 3. The zero-order valence-electron chi connectivity index (χ0n) is 12.9. The summed E-state index contributed by atoms with van der Waals surface area (Å²) in [4.78, 5) is 35.4. The van der Waals surface area contributed by atoms with Crippen molar-refractivity contribution in [3.8, 4) is 5.75 Å².